The van der Waals surface area contributed by atoms with E-state index in [-0.39, 0.29) is 5.91 Å². The predicted molar refractivity (Wildman–Crippen MR) is 85.4 cm³/mol. The van der Waals surface area contributed by atoms with Gasteiger partial charge in [0.25, 0.3) is 0 Å². The van der Waals surface area contributed by atoms with Gasteiger partial charge < -0.3 is 15.8 Å². The van der Waals surface area contributed by atoms with Gasteiger partial charge in [-0.25, -0.2) is 0 Å². The Hall–Kier alpha value is -1.55. The largest absolute Gasteiger partial charge is 0.493 e. The van der Waals surface area contributed by atoms with Crippen molar-refractivity contribution in [3.05, 3.63) is 24.3 Å². The maximum absolute atomic E-state index is 12.4. The molecule has 0 aromatic heterocycles. The van der Waals surface area contributed by atoms with E-state index in [1.165, 1.54) is 6.42 Å². The van der Waals surface area contributed by atoms with Crippen LogP contribution >= 0.6 is 0 Å². The molecule has 0 heterocycles. The first-order valence-electron chi connectivity index (χ1n) is 7.83. The highest BCUT2D eigenvalue weighted by molar-refractivity contribution is 5.98. The molecule has 1 aromatic rings. The molecule has 1 aromatic carbocycles. The average Bonchev–Trinajstić information content (AvgIpc) is 2.46. The van der Waals surface area contributed by atoms with Crippen molar-refractivity contribution < 1.29 is 9.53 Å². The summed E-state index contributed by atoms with van der Waals surface area (Å²) >= 11 is 0. The Morgan fingerprint density at radius 1 is 1.33 bits per heavy atom. The Labute approximate surface area is 127 Å². The van der Waals surface area contributed by atoms with Gasteiger partial charge in [0.05, 0.1) is 12.1 Å². The predicted octanol–water partition coefficient (Wildman–Crippen LogP) is 3.32. The van der Waals surface area contributed by atoms with Gasteiger partial charge in [-0.15, -0.1) is 0 Å². The normalized spacial score (nSPS) is 17.5. The highest BCUT2D eigenvalue weighted by Gasteiger charge is 2.35. The number of rotatable bonds is 5. The number of hydrogen-bond donors (Lipinski definition) is 2. The number of amides is 1. The molecular weight excluding hydrogens is 264 g/mol. The van der Waals surface area contributed by atoms with Crippen LogP contribution in [-0.2, 0) is 4.79 Å². The Morgan fingerprint density at radius 2 is 2.05 bits per heavy atom. The molecule has 0 spiro atoms. The van der Waals surface area contributed by atoms with Crippen molar-refractivity contribution in [3.63, 3.8) is 0 Å². The summed E-state index contributed by atoms with van der Waals surface area (Å²) in [5, 5.41) is 2.94. The summed E-state index contributed by atoms with van der Waals surface area (Å²) in [4.78, 5) is 12.4. The molecule has 2 rings (SSSR count). The van der Waals surface area contributed by atoms with E-state index in [0.717, 1.165) is 37.1 Å². The second-order valence-electron chi connectivity index (χ2n) is 6.40. The van der Waals surface area contributed by atoms with Crippen LogP contribution in [0.1, 0.15) is 46.0 Å². The standard InChI is InChI=1S/C17H26N2O2/c1-13(2)12-21-15-8-6-7-14(11-15)19-16(20)17(18)9-4-3-5-10-17/h6-8,11,13H,3-5,9-10,12,18H2,1-2H3,(H,19,20). The van der Waals surface area contributed by atoms with Crippen molar-refractivity contribution in [3.8, 4) is 5.75 Å². The smallest absolute Gasteiger partial charge is 0.244 e. The maximum atomic E-state index is 12.4. The molecule has 1 aliphatic rings. The lowest BCUT2D eigenvalue weighted by Crippen LogP contribution is -2.52. The minimum Gasteiger partial charge on any atom is -0.493 e. The zero-order valence-electron chi connectivity index (χ0n) is 13.0. The molecule has 21 heavy (non-hydrogen) atoms. The highest BCUT2D eigenvalue weighted by atomic mass is 16.5. The SMILES string of the molecule is CC(C)COc1cccc(NC(=O)C2(N)CCCCC2)c1. The molecule has 1 amide bonds. The number of benzene rings is 1. The van der Waals surface area contributed by atoms with Crippen LogP contribution in [0.25, 0.3) is 0 Å². The first kappa shape index (κ1) is 15.8. The van der Waals surface area contributed by atoms with Crippen molar-refractivity contribution in [2.75, 3.05) is 11.9 Å². The van der Waals surface area contributed by atoms with E-state index in [1.807, 2.05) is 24.3 Å². The molecule has 0 unspecified atom stereocenters. The topological polar surface area (TPSA) is 64.3 Å². The van der Waals surface area contributed by atoms with E-state index in [9.17, 15) is 4.79 Å². The third-order valence-electron chi connectivity index (χ3n) is 3.87. The lowest BCUT2D eigenvalue weighted by molar-refractivity contribution is -0.122. The third kappa shape index (κ3) is 4.46. The fraction of sp³-hybridized carbons (Fsp3) is 0.588. The molecule has 0 aliphatic heterocycles. The van der Waals surface area contributed by atoms with Crippen molar-refractivity contribution >= 4 is 11.6 Å². The molecule has 1 fully saturated rings. The third-order valence-corrected chi connectivity index (χ3v) is 3.87. The zero-order valence-corrected chi connectivity index (χ0v) is 13.0. The van der Waals surface area contributed by atoms with Crippen LogP contribution in [0.15, 0.2) is 24.3 Å². The van der Waals surface area contributed by atoms with E-state index in [2.05, 4.69) is 19.2 Å². The molecule has 4 nitrogen and oxygen atoms in total. The minimum absolute atomic E-state index is 0.0804. The van der Waals surface area contributed by atoms with Gasteiger partial charge in [-0.3, -0.25) is 4.79 Å². The second-order valence-corrected chi connectivity index (χ2v) is 6.40. The fourth-order valence-corrected chi connectivity index (χ4v) is 2.59. The number of nitrogens with one attached hydrogen (secondary N) is 1. The Bertz CT molecular complexity index is 479. The van der Waals surface area contributed by atoms with Gasteiger partial charge in [0.1, 0.15) is 5.75 Å². The van der Waals surface area contributed by atoms with Gasteiger partial charge in [0.2, 0.25) is 5.91 Å². The first-order chi connectivity index (χ1) is 9.99. The number of ether oxygens (including phenoxy) is 1. The fourth-order valence-electron chi connectivity index (χ4n) is 2.59. The molecule has 0 saturated heterocycles. The Morgan fingerprint density at radius 3 is 2.71 bits per heavy atom. The van der Waals surface area contributed by atoms with Gasteiger partial charge in [0.15, 0.2) is 0 Å². The van der Waals surface area contributed by atoms with Crippen molar-refractivity contribution in [2.24, 2.45) is 11.7 Å². The highest BCUT2D eigenvalue weighted by Crippen LogP contribution is 2.27. The number of carbonyl (C=O) groups is 1. The molecular formula is C17H26N2O2. The van der Waals surface area contributed by atoms with Crippen LogP contribution in [0.2, 0.25) is 0 Å². The molecule has 0 radical (unpaired) electrons. The summed E-state index contributed by atoms with van der Waals surface area (Å²) in [6.07, 6.45) is 4.76. The number of anilines is 1. The van der Waals surface area contributed by atoms with Gasteiger partial charge in [-0.2, -0.15) is 0 Å². The monoisotopic (exact) mass is 290 g/mol. The zero-order chi connectivity index (χ0) is 15.3. The van der Waals surface area contributed by atoms with E-state index in [0.29, 0.717) is 12.5 Å². The molecule has 4 heteroatoms. The van der Waals surface area contributed by atoms with Gasteiger partial charge in [-0.1, -0.05) is 39.2 Å². The van der Waals surface area contributed by atoms with Gasteiger partial charge in [-0.05, 0) is 30.9 Å². The number of nitrogens with two attached hydrogens (primary N) is 1. The number of carbonyl (C=O) groups excluding carboxylic acids is 1. The average molecular weight is 290 g/mol. The van der Waals surface area contributed by atoms with Crippen molar-refractivity contribution in [1.82, 2.24) is 0 Å². The Balaban J connectivity index is 1.98. The molecule has 1 saturated carbocycles. The van der Waals surface area contributed by atoms with Crippen LogP contribution in [0.3, 0.4) is 0 Å². The summed E-state index contributed by atoms with van der Waals surface area (Å²) in [7, 11) is 0. The van der Waals surface area contributed by atoms with Crippen LogP contribution in [0, 0.1) is 5.92 Å². The summed E-state index contributed by atoms with van der Waals surface area (Å²) in [5.74, 6) is 1.16. The molecule has 1 aliphatic carbocycles. The van der Waals surface area contributed by atoms with Crippen LogP contribution in [0.5, 0.6) is 5.75 Å². The molecule has 3 N–H and O–H groups in total. The summed E-state index contributed by atoms with van der Waals surface area (Å²) in [5.41, 5.74) is 6.28. The maximum Gasteiger partial charge on any atom is 0.244 e. The summed E-state index contributed by atoms with van der Waals surface area (Å²) < 4.78 is 5.68. The summed E-state index contributed by atoms with van der Waals surface area (Å²) in [6, 6.07) is 7.50. The van der Waals surface area contributed by atoms with Gasteiger partial charge in [0, 0.05) is 11.8 Å². The van der Waals surface area contributed by atoms with Crippen LogP contribution < -0.4 is 15.8 Å². The second kappa shape index (κ2) is 6.94. The van der Waals surface area contributed by atoms with E-state index in [4.69, 9.17) is 10.5 Å². The van der Waals surface area contributed by atoms with Crippen LogP contribution in [0.4, 0.5) is 5.69 Å². The quantitative estimate of drug-likeness (QED) is 0.874. The number of hydrogen-bond acceptors (Lipinski definition) is 3. The Kier molecular flexibility index (Phi) is 5.23. The molecule has 0 bridgehead atoms. The lowest BCUT2D eigenvalue weighted by atomic mass is 9.82. The summed E-state index contributed by atoms with van der Waals surface area (Å²) in [6.45, 7) is 4.87. The molecule has 116 valence electrons. The lowest BCUT2D eigenvalue weighted by Gasteiger charge is -2.31. The van der Waals surface area contributed by atoms with E-state index in [1.54, 1.807) is 0 Å². The van der Waals surface area contributed by atoms with Crippen molar-refractivity contribution in [1.29, 1.82) is 0 Å². The molecule has 0 atom stereocenters. The minimum atomic E-state index is -0.715. The van der Waals surface area contributed by atoms with E-state index >= 15 is 0 Å². The van der Waals surface area contributed by atoms with Crippen molar-refractivity contribution in [2.45, 2.75) is 51.5 Å². The van der Waals surface area contributed by atoms with Crippen LogP contribution in [-0.4, -0.2) is 18.1 Å². The van der Waals surface area contributed by atoms with Gasteiger partial charge >= 0.3 is 0 Å². The first-order valence-corrected chi connectivity index (χ1v) is 7.83. The van der Waals surface area contributed by atoms with E-state index < -0.39 is 5.54 Å².